The fourth-order valence-electron chi connectivity index (χ4n) is 4.74. The van der Waals surface area contributed by atoms with Crippen LogP contribution in [0.5, 0.6) is 5.75 Å². The number of rotatable bonds is 9. The Bertz CT molecular complexity index is 1310. The van der Waals surface area contributed by atoms with Crippen LogP contribution < -0.4 is 9.46 Å². The quantitative estimate of drug-likeness (QED) is 0.465. The van der Waals surface area contributed by atoms with Gasteiger partial charge in [-0.2, -0.15) is 0 Å². The molecule has 7 nitrogen and oxygen atoms in total. The normalized spacial score (nSPS) is 17.3. The number of sulfonamides is 1. The minimum Gasteiger partial charge on any atom is -0.493 e. The third-order valence-electron chi connectivity index (χ3n) is 6.60. The van der Waals surface area contributed by atoms with Gasteiger partial charge in [-0.15, -0.1) is 0 Å². The average Bonchev–Trinajstić information content (AvgIpc) is 3.66. The Balaban J connectivity index is 0.00000320. The van der Waals surface area contributed by atoms with E-state index in [1.165, 1.54) is 23.3 Å². The minimum atomic E-state index is -3.79. The van der Waals surface area contributed by atoms with Crippen LogP contribution in [0.4, 0.5) is 4.39 Å². The summed E-state index contributed by atoms with van der Waals surface area (Å²) in [5.74, 6) is -0.870. The van der Waals surface area contributed by atoms with Crippen molar-refractivity contribution in [3.63, 3.8) is 0 Å². The summed E-state index contributed by atoms with van der Waals surface area (Å²) in [6.45, 7) is 2.10. The van der Waals surface area contributed by atoms with Gasteiger partial charge >= 0.3 is 0 Å². The highest BCUT2D eigenvalue weighted by Gasteiger charge is 2.35. The summed E-state index contributed by atoms with van der Waals surface area (Å²) in [4.78, 5) is 18.8. The van der Waals surface area contributed by atoms with Gasteiger partial charge in [0.2, 0.25) is 10.0 Å². The molecule has 1 saturated carbocycles. The smallest absolute Gasteiger partial charge is 0.267 e. The molecule has 1 N–H and O–H groups in total. The first-order valence-corrected chi connectivity index (χ1v) is 13.8. The molecule has 2 fully saturated rings. The summed E-state index contributed by atoms with van der Waals surface area (Å²) in [5, 5.41) is 0. The highest BCUT2D eigenvalue weighted by Crippen LogP contribution is 2.45. The molecule has 0 radical (unpaired) electrons. The van der Waals surface area contributed by atoms with Gasteiger partial charge in [-0.1, -0.05) is 30.3 Å². The Morgan fingerprint density at radius 3 is 2.44 bits per heavy atom. The molecule has 190 valence electrons. The molecule has 1 atom stereocenters. The number of aromatic nitrogens is 1. The number of hydrogen-bond acceptors (Lipinski definition) is 6. The Hall–Kier alpha value is -3.30. The second kappa shape index (κ2) is 9.99. The van der Waals surface area contributed by atoms with E-state index in [1.807, 2.05) is 35.1 Å². The number of amides is 1. The molecule has 1 saturated heterocycles. The van der Waals surface area contributed by atoms with Gasteiger partial charge in [-0.25, -0.2) is 17.5 Å². The lowest BCUT2D eigenvalue weighted by Crippen LogP contribution is -2.51. The van der Waals surface area contributed by atoms with Crippen molar-refractivity contribution in [3.8, 4) is 5.75 Å². The van der Waals surface area contributed by atoms with Crippen LogP contribution in [-0.2, 0) is 10.0 Å². The van der Waals surface area contributed by atoms with Crippen molar-refractivity contribution in [1.82, 2.24) is 14.6 Å². The summed E-state index contributed by atoms with van der Waals surface area (Å²) in [6.07, 6.45) is 6.33. The first-order valence-electron chi connectivity index (χ1n) is 12.0. The maximum Gasteiger partial charge on any atom is 0.267 e. The van der Waals surface area contributed by atoms with Gasteiger partial charge in [0.05, 0.1) is 24.5 Å². The summed E-state index contributed by atoms with van der Waals surface area (Å²) in [5.41, 5.74) is 2.86. The number of benzene rings is 2. The second-order valence-corrected chi connectivity index (χ2v) is 11.3. The van der Waals surface area contributed by atoms with Crippen molar-refractivity contribution in [1.29, 1.82) is 0 Å². The van der Waals surface area contributed by atoms with E-state index in [1.54, 1.807) is 12.4 Å². The number of carbonyl (C=O) groups is 1. The van der Waals surface area contributed by atoms with E-state index >= 15 is 0 Å². The first kappa shape index (κ1) is 24.4. The molecular formula is C27H30FN3O4S. The molecule has 5 rings (SSSR count). The lowest BCUT2D eigenvalue weighted by molar-refractivity contribution is 0.0375. The number of pyridine rings is 1. The first-order chi connectivity index (χ1) is 17.3. The molecule has 1 amide bonds. The number of halogens is 1. The largest absolute Gasteiger partial charge is 0.493 e. The van der Waals surface area contributed by atoms with Crippen molar-refractivity contribution in [3.05, 3.63) is 95.1 Å². The van der Waals surface area contributed by atoms with Crippen LogP contribution >= 0.6 is 0 Å². The van der Waals surface area contributed by atoms with Crippen LogP contribution in [0.1, 0.15) is 53.3 Å². The Morgan fingerprint density at radius 1 is 1.14 bits per heavy atom. The highest BCUT2D eigenvalue weighted by molar-refractivity contribution is 7.89. The number of nitrogens with one attached hydrogen (secondary N) is 1. The number of nitrogens with zero attached hydrogens (tertiary/aromatic N) is 2. The van der Waals surface area contributed by atoms with Crippen molar-refractivity contribution in [2.24, 2.45) is 5.92 Å². The van der Waals surface area contributed by atoms with E-state index < -0.39 is 21.7 Å². The molecule has 0 bridgehead atoms. The zero-order valence-corrected chi connectivity index (χ0v) is 20.7. The maximum absolute atomic E-state index is 14.8. The predicted molar refractivity (Wildman–Crippen MR) is 136 cm³/mol. The standard InChI is InChI=1S/C27H28FN3O4S.H2/c1-36(33,34)30-27(32)23-13-22(19-7-8-19)25(14-24(23)28)35-17-18-15-31(16-18)26(20-5-3-2-4-6-20)21-9-11-29-12-10-21;/h2-6,9-14,18-19,26H,7-8,15-17H2,1H3,(H,30,32);1H/t26-;/m0./s1. The Kier molecular flexibility index (Phi) is 6.77. The Labute approximate surface area is 211 Å². The van der Waals surface area contributed by atoms with Crippen molar-refractivity contribution in [2.45, 2.75) is 24.8 Å². The Morgan fingerprint density at radius 2 is 1.81 bits per heavy atom. The maximum atomic E-state index is 14.8. The summed E-state index contributed by atoms with van der Waals surface area (Å²) in [7, 11) is -3.79. The van der Waals surface area contributed by atoms with Gasteiger partial charge in [0.1, 0.15) is 11.6 Å². The highest BCUT2D eigenvalue weighted by atomic mass is 32.2. The number of hydrogen-bond donors (Lipinski definition) is 1. The lowest BCUT2D eigenvalue weighted by Gasteiger charge is -2.44. The van der Waals surface area contributed by atoms with Gasteiger partial charge < -0.3 is 4.74 Å². The molecule has 1 aromatic heterocycles. The molecule has 2 aliphatic rings. The SMILES string of the molecule is CS(=O)(=O)NC(=O)c1cc(C2CC2)c(OCC2CN([C@@H](c3ccccc3)c3ccncc3)C2)cc1F.[HH]. The third kappa shape index (κ3) is 5.57. The number of carbonyl (C=O) groups excluding carboxylic acids is 1. The van der Waals surface area contributed by atoms with Crippen LogP contribution in [0.3, 0.4) is 0 Å². The topological polar surface area (TPSA) is 88.6 Å². The predicted octanol–water partition coefficient (Wildman–Crippen LogP) is 4.13. The van der Waals surface area contributed by atoms with Gasteiger partial charge in [0.25, 0.3) is 5.91 Å². The van der Waals surface area contributed by atoms with E-state index in [-0.39, 0.29) is 24.9 Å². The second-order valence-electron chi connectivity index (χ2n) is 9.57. The molecule has 36 heavy (non-hydrogen) atoms. The van der Waals surface area contributed by atoms with Crippen molar-refractivity contribution >= 4 is 15.9 Å². The van der Waals surface area contributed by atoms with Gasteiger partial charge in [0.15, 0.2) is 0 Å². The lowest BCUT2D eigenvalue weighted by atomic mass is 9.91. The van der Waals surface area contributed by atoms with Crippen LogP contribution in [-0.4, -0.2) is 50.2 Å². The molecule has 1 aliphatic carbocycles. The molecule has 2 aromatic carbocycles. The van der Waals surface area contributed by atoms with Gasteiger partial charge in [-0.3, -0.25) is 14.7 Å². The molecule has 0 spiro atoms. The fourth-order valence-corrected chi connectivity index (χ4v) is 5.18. The van der Waals surface area contributed by atoms with Crippen molar-refractivity contribution in [2.75, 3.05) is 26.0 Å². The van der Waals surface area contributed by atoms with E-state index in [0.717, 1.165) is 37.8 Å². The fraction of sp³-hybridized carbons (Fsp3) is 0.333. The van der Waals surface area contributed by atoms with E-state index in [4.69, 9.17) is 4.74 Å². The molecule has 3 aromatic rings. The molecule has 0 unspecified atom stereocenters. The molecule has 9 heteroatoms. The van der Waals surface area contributed by atoms with Crippen LogP contribution in [0, 0.1) is 11.7 Å². The molecular weight excluding hydrogens is 481 g/mol. The van der Waals surface area contributed by atoms with Crippen LogP contribution in [0.25, 0.3) is 0 Å². The summed E-state index contributed by atoms with van der Waals surface area (Å²) in [6, 6.07) is 17.2. The number of likely N-dealkylation sites (tertiary alicyclic amines) is 1. The zero-order chi connectivity index (χ0) is 25.3. The summed E-state index contributed by atoms with van der Waals surface area (Å²) < 4.78 is 45.5. The summed E-state index contributed by atoms with van der Waals surface area (Å²) >= 11 is 0. The van der Waals surface area contributed by atoms with Gasteiger partial charge in [0, 0.05) is 38.9 Å². The van der Waals surface area contributed by atoms with E-state index in [0.29, 0.717) is 12.4 Å². The van der Waals surface area contributed by atoms with Crippen molar-refractivity contribution < 1.29 is 23.8 Å². The number of ether oxygens (including phenoxy) is 1. The van der Waals surface area contributed by atoms with Gasteiger partial charge in [-0.05, 0) is 53.6 Å². The van der Waals surface area contributed by atoms with E-state index in [9.17, 15) is 17.6 Å². The van der Waals surface area contributed by atoms with E-state index in [2.05, 4.69) is 22.0 Å². The third-order valence-corrected chi connectivity index (χ3v) is 7.16. The minimum absolute atomic E-state index is 0. The zero-order valence-electron chi connectivity index (χ0n) is 19.9. The molecule has 1 aliphatic heterocycles. The average molecular weight is 512 g/mol. The van der Waals surface area contributed by atoms with Crippen LogP contribution in [0.2, 0.25) is 0 Å². The monoisotopic (exact) mass is 511 g/mol. The van der Waals surface area contributed by atoms with Crippen LogP contribution in [0.15, 0.2) is 67.0 Å². The molecule has 2 heterocycles.